The highest BCUT2D eigenvalue weighted by Crippen LogP contribution is 2.21. The van der Waals surface area contributed by atoms with Crippen LogP contribution >= 0.6 is 0 Å². The smallest absolute Gasteiger partial charge is 0.253 e. The van der Waals surface area contributed by atoms with E-state index in [0.717, 1.165) is 11.3 Å². The highest BCUT2D eigenvalue weighted by Gasteiger charge is 2.09. The number of alkyl halides is 1. The normalized spacial score (nSPS) is 13.2. The molecular weight excluding hydrogens is 331 g/mol. The fraction of sp³-hybridized carbons (Fsp3) is 0.190. The maximum atomic E-state index is 13.0. The molecule has 2 rings (SSSR count). The van der Waals surface area contributed by atoms with Crippen LogP contribution in [0.2, 0.25) is 0 Å². The molecule has 0 aromatic heterocycles. The zero-order chi connectivity index (χ0) is 18.9. The number of hydrogen-bond acceptors (Lipinski definition) is 3. The molecule has 3 N–H and O–H groups in total. The van der Waals surface area contributed by atoms with Crippen molar-refractivity contribution in [1.82, 2.24) is 5.32 Å². The summed E-state index contributed by atoms with van der Waals surface area (Å²) in [4.78, 5) is 12.3. The molecule has 0 aliphatic carbocycles. The van der Waals surface area contributed by atoms with Crippen LogP contribution in [-0.2, 0) is 11.3 Å². The molecule has 2 aromatic rings. The Bertz CT molecular complexity index is 795. The molecule has 0 aliphatic heterocycles. The second-order valence-corrected chi connectivity index (χ2v) is 5.88. The second kappa shape index (κ2) is 9.42. The summed E-state index contributed by atoms with van der Waals surface area (Å²) in [6.07, 6.45) is 1.55. The summed E-state index contributed by atoms with van der Waals surface area (Å²) >= 11 is 0. The third kappa shape index (κ3) is 6.09. The molecule has 2 aromatic carbocycles. The van der Waals surface area contributed by atoms with E-state index < -0.39 is 6.17 Å². The van der Waals surface area contributed by atoms with Crippen LogP contribution < -0.4 is 15.8 Å². The van der Waals surface area contributed by atoms with Crippen molar-refractivity contribution in [3.05, 3.63) is 83.6 Å². The number of para-hydroxylation sites is 1. The Morgan fingerprint density at radius 3 is 2.54 bits per heavy atom. The summed E-state index contributed by atoms with van der Waals surface area (Å²) in [6, 6.07) is 16.9. The van der Waals surface area contributed by atoms with Gasteiger partial charge >= 0.3 is 0 Å². The Morgan fingerprint density at radius 1 is 1.19 bits per heavy atom. The van der Waals surface area contributed by atoms with E-state index in [-0.39, 0.29) is 11.5 Å². The van der Waals surface area contributed by atoms with Gasteiger partial charge in [0.1, 0.15) is 17.7 Å². The van der Waals surface area contributed by atoms with Gasteiger partial charge in [0, 0.05) is 12.2 Å². The predicted molar refractivity (Wildman–Crippen MR) is 101 cm³/mol. The van der Waals surface area contributed by atoms with Crippen LogP contribution in [0, 0.1) is 0 Å². The molecule has 0 bridgehead atoms. The quantitative estimate of drug-likeness (QED) is 0.577. The van der Waals surface area contributed by atoms with Gasteiger partial charge in [0.05, 0.1) is 5.57 Å². The first kappa shape index (κ1) is 19.2. The molecule has 1 amide bonds. The van der Waals surface area contributed by atoms with E-state index >= 15 is 0 Å². The molecule has 5 heteroatoms. The lowest BCUT2D eigenvalue weighted by Gasteiger charge is -2.10. The van der Waals surface area contributed by atoms with E-state index in [0.29, 0.717) is 18.0 Å². The lowest BCUT2D eigenvalue weighted by molar-refractivity contribution is -0.117. The fourth-order valence-corrected chi connectivity index (χ4v) is 2.24. The number of carbonyl (C=O) groups excluding carboxylic acids is 1. The van der Waals surface area contributed by atoms with Crippen LogP contribution in [0.15, 0.2) is 78.0 Å². The number of benzene rings is 2. The molecule has 26 heavy (non-hydrogen) atoms. The van der Waals surface area contributed by atoms with Gasteiger partial charge in [-0.3, -0.25) is 4.79 Å². The molecule has 0 saturated heterocycles. The number of nitrogens with two attached hydrogens (primary N) is 1. The third-order valence-electron chi connectivity index (χ3n) is 3.53. The van der Waals surface area contributed by atoms with Crippen molar-refractivity contribution in [1.29, 1.82) is 0 Å². The van der Waals surface area contributed by atoms with E-state index in [1.54, 1.807) is 6.92 Å². The van der Waals surface area contributed by atoms with Gasteiger partial charge in [-0.25, -0.2) is 4.39 Å². The van der Waals surface area contributed by atoms with Gasteiger partial charge in [0.2, 0.25) is 0 Å². The van der Waals surface area contributed by atoms with Crippen LogP contribution in [0.25, 0.3) is 0 Å². The van der Waals surface area contributed by atoms with Crippen molar-refractivity contribution in [2.75, 3.05) is 0 Å². The van der Waals surface area contributed by atoms with Gasteiger partial charge in [-0.15, -0.1) is 0 Å². The first-order chi connectivity index (χ1) is 12.5. The monoisotopic (exact) mass is 354 g/mol. The van der Waals surface area contributed by atoms with Crippen molar-refractivity contribution in [3.8, 4) is 11.5 Å². The van der Waals surface area contributed by atoms with Crippen LogP contribution in [0.4, 0.5) is 4.39 Å². The van der Waals surface area contributed by atoms with E-state index in [9.17, 15) is 9.18 Å². The highest BCUT2D eigenvalue weighted by atomic mass is 19.1. The van der Waals surface area contributed by atoms with Gasteiger partial charge in [0.25, 0.3) is 5.91 Å². The largest absolute Gasteiger partial charge is 0.457 e. The lowest BCUT2D eigenvalue weighted by Crippen LogP contribution is -2.25. The zero-order valence-corrected chi connectivity index (χ0v) is 14.9. The van der Waals surface area contributed by atoms with Gasteiger partial charge in [-0.2, -0.15) is 0 Å². The van der Waals surface area contributed by atoms with Crippen molar-refractivity contribution in [3.63, 3.8) is 0 Å². The molecule has 0 radical (unpaired) electrons. The van der Waals surface area contributed by atoms with Crippen LogP contribution in [0.5, 0.6) is 11.5 Å². The van der Waals surface area contributed by atoms with Gasteiger partial charge in [-0.05, 0) is 49.8 Å². The van der Waals surface area contributed by atoms with Gasteiger partial charge in [0.15, 0.2) is 0 Å². The maximum Gasteiger partial charge on any atom is 0.253 e. The predicted octanol–water partition coefficient (Wildman–Crippen LogP) is 4.24. The molecule has 1 unspecified atom stereocenters. The molecular formula is C21H23FN2O2. The number of amides is 1. The Labute approximate surface area is 153 Å². The topological polar surface area (TPSA) is 64.4 Å². The van der Waals surface area contributed by atoms with E-state index in [2.05, 4.69) is 5.32 Å². The number of hydrogen-bond donors (Lipinski definition) is 2. The summed E-state index contributed by atoms with van der Waals surface area (Å²) < 4.78 is 18.7. The van der Waals surface area contributed by atoms with Gasteiger partial charge < -0.3 is 15.8 Å². The van der Waals surface area contributed by atoms with E-state index in [4.69, 9.17) is 10.5 Å². The molecule has 1 atom stereocenters. The summed E-state index contributed by atoms with van der Waals surface area (Å²) in [6.45, 7) is 3.30. The summed E-state index contributed by atoms with van der Waals surface area (Å²) in [7, 11) is 0. The molecule has 0 heterocycles. The molecule has 0 aliphatic rings. The maximum absolute atomic E-state index is 13.0. The standard InChI is InChI=1S/C21H23FN2O2/c1-15(22)11-12-20(16(2)23)21(25)24-14-17-7-6-10-19(13-17)26-18-8-4-3-5-9-18/h3-13,15H,14,23H2,1-2H3,(H,24,25)/b12-11-,20-16-. The lowest BCUT2D eigenvalue weighted by atomic mass is 10.1. The number of nitrogens with one attached hydrogen (secondary N) is 1. The van der Waals surface area contributed by atoms with Crippen molar-refractivity contribution in [2.45, 2.75) is 26.6 Å². The van der Waals surface area contributed by atoms with Crippen molar-refractivity contribution in [2.24, 2.45) is 5.73 Å². The molecule has 0 saturated carbocycles. The summed E-state index contributed by atoms with van der Waals surface area (Å²) in [5.41, 5.74) is 7.20. The van der Waals surface area contributed by atoms with Crippen LogP contribution in [0.1, 0.15) is 19.4 Å². The van der Waals surface area contributed by atoms with Crippen molar-refractivity contribution >= 4 is 5.91 Å². The minimum absolute atomic E-state index is 0.256. The average molecular weight is 354 g/mol. The Balaban J connectivity index is 2.01. The number of allylic oxidation sites excluding steroid dienone is 2. The minimum atomic E-state index is -1.15. The molecule has 4 nitrogen and oxygen atoms in total. The highest BCUT2D eigenvalue weighted by molar-refractivity contribution is 5.96. The van der Waals surface area contributed by atoms with Crippen LogP contribution in [0.3, 0.4) is 0 Å². The summed E-state index contributed by atoms with van der Waals surface area (Å²) in [5.74, 6) is 1.07. The van der Waals surface area contributed by atoms with E-state index in [1.165, 1.54) is 19.1 Å². The first-order valence-corrected chi connectivity index (χ1v) is 8.34. The minimum Gasteiger partial charge on any atom is -0.457 e. The number of carbonyl (C=O) groups is 1. The Kier molecular flexibility index (Phi) is 6.97. The average Bonchev–Trinajstić information content (AvgIpc) is 2.61. The molecule has 0 spiro atoms. The van der Waals surface area contributed by atoms with Crippen molar-refractivity contribution < 1.29 is 13.9 Å². The number of halogens is 1. The Hall–Kier alpha value is -3.08. The Morgan fingerprint density at radius 2 is 1.88 bits per heavy atom. The van der Waals surface area contributed by atoms with Crippen LogP contribution in [-0.4, -0.2) is 12.1 Å². The fourth-order valence-electron chi connectivity index (χ4n) is 2.24. The molecule has 136 valence electrons. The van der Waals surface area contributed by atoms with Gasteiger partial charge in [-0.1, -0.05) is 36.4 Å². The third-order valence-corrected chi connectivity index (χ3v) is 3.53. The number of ether oxygens (including phenoxy) is 1. The SMILES string of the molecule is C/C(N)=C(\C=C/C(C)F)C(=O)NCc1cccc(Oc2ccccc2)c1. The first-order valence-electron chi connectivity index (χ1n) is 8.34. The zero-order valence-electron chi connectivity index (χ0n) is 14.9. The van der Waals surface area contributed by atoms with E-state index in [1.807, 2.05) is 54.6 Å². The second-order valence-electron chi connectivity index (χ2n) is 5.88. The number of rotatable bonds is 7. The molecule has 0 fully saturated rings. The summed E-state index contributed by atoms with van der Waals surface area (Å²) in [5, 5.41) is 2.79.